The summed E-state index contributed by atoms with van der Waals surface area (Å²) in [5, 5.41) is 13.0. The summed E-state index contributed by atoms with van der Waals surface area (Å²) in [7, 11) is 0. The fraction of sp³-hybridized carbons (Fsp3) is 0.600. The van der Waals surface area contributed by atoms with Gasteiger partial charge in [-0.05, 0) is 51.1 Å². The summed E-state index contributed by atoms with van der Waals surface area (Å²) in [6.45, 7) is 5.69. The second kappa shape index (κ2) is 5.65. The first-order valence-corrected chi connectivity index (χ1v) is 6.60. The Morgan fingerprint density at radius 1 is 1.24 bits per heavy atom. The summed E-state index contributed by atoms with van der Waals surface area (Å²) in [6, 6.07) is 7.17. The highest BCUT2D eigenvalue weighted by molar-refractivity contribution is 5.29. The maximum atomic E-state index is 9.41. The number of rotatable bonds is 3. The Morgan fingerprint density at radius 2 is 1.94 bits per heavy atom. The van der Waals surface area contributed by atoms with Gasteiger partial charge in [-0.25, -0.2) is 0 Å². The van der Waals surface area contributed by atoms with Gasteiger partial charge in [-0.3, -0.25) is 0 Å². The molecule has 2 atom stereocenters. The van der Waals surface area contributed by atoms with Crippen molar-refractivity contribution < 1.29 is 5.11 Å². The second-order valence-electron chi connectivity index (χ2n) is 5.35. The molecule has 1 aromatic carbocycles. The predicted molar refractivity (Wildman–Crippen MR) is 71.2 cm³/mol. The van der Waals surface area contributed by atoms with E-state index < -0.39 is 0 Å². The number of aryl methyl sites for hydroxylation is 2. The quantitative estimate of drug-likeness (QED) is 0.839. The topological polar surface area (TPSA) is 32.3 Å². The molecule has 2 nitrogen and oxygen atoms in total. The van der Waals surface area contributed by atoms with E-state index in [-0.39, 0.29) is 0 Å². The molecule has 0 bridgehead atoms. The van der Waals surface area contributed by atoms with Gasteiger partial charge in [-0.1, -0.05) is 29.3 Å². The lowest BCUT2D eigenvalue weighted by Gasteiger charge is -2.31. The number of aliphatic hydroxyl groups is 1. The van der Waals surface area contributed by atoms with E-state index in [2.05, 4.69) is 37.4 Å². The zero-order valence-electron chi connectivity index (χ0n) is 10.9. The van der Waals surface area contributed by atoms with Crippen molar-refractivity contribution in [1.82, 2.24) is 5.32 Å². The van der Waals surface area contributed by atoms with Crippen LogP contribution in [0.5, 0.6) is 0 Å². The smallest absolute Gasteiger partial charge is 0.0474 e. The molecular formula is C15H23NO. The molecule has 2 heteroatoms. The molecular weight excluding hydrogens is 210 g/mol. The minimum atomic E-state index is 0.308. The van der Waals surface area contributed by atoms with E-state index in [4.69, 9.17) is 0 Å². The minimum absolute atomic E-state index is 0.308. The first-order chi connectivity index (χ1) is 8.19. The first-order valence-electron chi connectivity index (χ1n) is 6.60. The van der Waals surface area contributed by atoms with Crippen molar-refractivity contribution in [3.8, 4) is 0 Å². The van der Waals surface area contributed by atoms with Crippen LogP contribution in [0.1, 0.15) is 29.5 Å². The van der Waals surface area contributed by atoms with E-state index in [0.29, 0.717) is 18.6 Å². The largest absolute Gasteiger partial charge is 0.396 e. The highest BCUT2D eigenvalue weighted by atomic mass is 16.3. The summed E-state index contributed by atoms with van der Waals surface area (Å²) in [4.78, 5) is 0. The molecule has 2 unspecified atom stereocenters. The molecule has 1 saturated heterocycles. The van der Waals surface area contributed by atoms with Gasteiger partial charge in [0.1, 0.15) is 0 Å². The summed E-state index contributed by atoms with van der Waals surface area (Å²) in [5.41, 5.74) is 4.05. The molecule has 2 N–H and O–H groups in total. The molecule has 0 aliphatic carbocycles. The molecule has 1 fully saturated rings. The van der Waals surface area contributed by atoms with Crippen molar-refractivity contribution in [3.05, 3.63) is 34.9 Å². The van der Waals surface area contributed by atoms with Crippen LogP contribution in [0.4, 0.5) is 0 Å². The maximum Gasteiger partial charge on any atom is 0.0474 e. The van der Waals surface area contributed by atoms with Crippen molar-refractivity contribution in [2.75, 3.05) is 13.2 Å². The predicted octanol–water partition coefficient (Wildman–Crippen LogP) is 2.21. The van der Waals surface area contributed by atoms with Crippen molar-refractivity contribution in [2.24, 2.45) is 5.92 Å². The van der Waals surface area contributed by atoms with Gasteiger partial charge in [0, 0.05) is 12.6 Å². The Labute approximate surface area is 104 Å². The molecule has 0 spiro atoms. The fourth-order valence-corrected chi connectivity index (χ4v) is 2.92. The molecule has 1 heterocycles. The van der Waals surface area contributed by atoms with Crippen molar-refractivity contribution in [2.45, 2.75) is 39.2 Å². The Hall–Kier alpha value is -0.860. The molecule has 0 amide bonds. The van der Waals surface area contributed by atoms with Gasteiger partial charge >= 0.3 is 0 Å². The molecule has 94 valence electrons. The molecule has 0 aromatic heterocycles. The molecule has 2 rings (SSSR count). The molecule has 1 aromatic rings. The van der Waals surface area contributed by atoms with Crippen LogP contribution in [0.25, 0.3) is 0 Å². The molecule has 1 aliphatic heterocycles. The Kier molecular flexibility index (Phi) is 4.19. The molecule has 1 aliphatic rings. The highest BCUT2D eigenvalue weighted by Gasteiger charge is 2.24. The van der Waals surface area contributed by atoms with E-state index in [9.17, 15) is 5.11 Å². The minimum Gasteiger partial charge on any atom is -0.396 e. The first kappa shape index (κ1) is 12.6. The normalized spacial score (nSPS) is 24.9. The third-order valence-electron chi connectivity index (χ3n) is 3.70. The zero-order chi connectivity index (χ0) is 12.3. The summed E-state index contributed by atoms with van der Waals surface area (Å²) in [5.74, 6) is 0.421. The third kappa shape index (κ3) is 3.30. The number of hydrogen-bond donors (Lipinski definition) is 2. The van der Waals surface area contributed by atoms with E-state index in [0.717, 1.165) is 19.4 Å². The number of aliphatic hydroxyl groups excluding tert-OH is 1. The fourth-order valence-electron chi connectivity index (χ4n) is 2.92. The number of benzene rings is 1. The number of piperidine rings is 1. The van der Waals surface area contributed by atoms with Gasteiger partial charge < -0.3 is 10.4 Å². The van der Waals surface area contributed by atoms with Gasteiger partial charge in [0.15, 0.2) is 0 Å². The van der Waals surface area contributed by atoms with Crippen molar-refractivity contribution >= 4 is 0 Å². The van der Waals surface area contributed by atoms with Crippen LogP contribution in [0.15, 0.2) is 18.2 Å². The van der Waals surface area contributed by atoms with E-state index in [1.165, 1.54) is 23.1 Å². The second-order valence-corrected chi connectivity index (χ2v) is 5.35. The highest BCUT2D eigenvalue weighted by Crippen LogP contribution is 2.20. The van der Waals surface area contributed by atoms with Crippen LogP contribution in [0.3, 0.4) is 0 Å². The van der Waals surface area contributed by atoms with Crippen LogP contribution in [0.2, 0.25) is 0 Å². The maximum absolute atomic E-state index is 9.41. The monoisotopic (exact) mass is 233 g/mol. The van der Waals surface area contributed by atoms with Gasteiger partial charge in [0.05, 0.1) is 0 Å². The van der Waals surface area contributed by atoms with Crippen LogP contribution in [0, 0.1) is 19.8 Å². The van der Waals surface area contributed by atoms with Crippen molar-refractivity contribution in [3.63, 3.8) is 0 Å². The molecule has 17 heavy (non-hydrogen) atoms. The summed E-state index contributed by atoms with van der Waals surface area (Å²) in [6.07, 6.45) is 3.38. The zero-order valence-corrected chi connectivity index (χ0v) is 10.9. The van der Waals surface area contributed by atoms with Crippen LogP contribution >= 0.6 is 0 Å². The molecule has 0 radical (unpaired) electrons. The number of hydrogen-bond acceptors (Lipinski definition) is 2. The summed E-state index contributed by atoms with van der Waals surface area (Å²) >= 11 is 0. The lowest BCUT2D eigenvalue weighted by Crippen LogP contribution is -2.44. The Bertz CT molecular complexity index is 355. The van der Waals surface area contributed by atoms with E-state index in [1.807, 2.05) is 0 Å². The Morgan fingerprint density at radius 3 is 2.59 bits per heavy atom. The third-order valence-corrected chi connectivity index (χ3v) is 3.70. The average Bonchev–Trinajstić information content (AvgIpc) is 2.28. The van der Waals surface area contributed by atoms with Crippen molar-refractivity contribution in [1.29, 1.82) is 0 Å². The van der Waals surface area contributed by atoms with Crippen LogP contribution < -0.4 is 5.32 Å². The van der Waals surface area contributed by atoms with E-state index in [1.54, 1.807) is 0 Å². The lowest BCUT2D eigenvalue weighted by molar-refractivity contribution is 0.159. The molecule has 0 saturated carbocycles. The van der Waals surface area contributed by atoms with Crippen LogP contribution in [-0.4, -0.2) is 24.3 Å². The van der Waals surface area contributed by atoms with Gasteiger partial charge in [0.2, 0.25) is 0 Å². The van der Waals surface area contributed by atoms with Gasteiger partial charge in [0.25, 0.3) is 0 Å². The number of nitrogens with one attached hydrogen (secondary N) is 1. The average molecular weight is 233 g/mol. The summed E-state index contributed by atoms with van der Waals surface area (Å²) < 4.78 is 0. The Balaban J connectivity index is 2.08. The van der Waals surface area contributed by atoms with Gasteiger partial charge in [-0.15, -0.1) is 0 Å². The SMILES string of the molecule is Cc1cc(C)cc(CC2NCCCC2CO)c1. The van der Waals surface area contributed by atoms with Crippen LogP contribution in [-0.2, 0) is 6.42 Å². The standard InChI is InChI=1S/C15H23NO/c1-11-6-12(2)8-13(7-11)9-15-14(10-17)4-3-5-16-15/h6-8,14-17H,3-5,9-10H2,1-2H3. The van der Waals surface area contributed by atoms with Gasteiger partial charge in [-0.2, -0.15) is 0 Å². The lowest BCUT2D eigenvalue weighted by atomic mass is 9.87. The van der Waals surface area contributed by atoms with E-state index >= 15 is 0 Å².